The minimum absolute atomic E-state index is 0.0522. The summed E-state index contributed by atoms with van der Waals surface area (Å²) in [5.41, 5.74) is 0. The molecule has 0 spiro atoms. The number of esters is 1. The lowest BCUT2D eigenvalue weighted by atomic mass is 10.0. The molecule has 0 bridgehead atoms. The van der Waals surface area contributed by atoms with Crippen molar-refractivity contribution in [2.45, 2.75) is 302 Å². The van der Waals surface area contributed by atoms with Gasteiger partial charge in [-0.1, -0.05) is 236 Å². The number of hydrogen-bond acceptors (Lipinski definition) is 5. The number of unbranched alkanes of at least 4 members (excludes halogenated alkanes) is 30. The van der Waals surface area contributed by atoms with Gasteiger partial charge in [0.2, 0.25) is 5.91 Å². The third-order valence-electron chi connectivity index (χ3n) is 12.6. The van der Waals surface area contributed by atoms with Crippen LogP contribution in [0.25, 0.3) is 0 Å². The van der Waals surface area contributed by atoms with Gasteiger partial charge < -0.3 is 20.3 Å². The molecule has 0 rings (SSSR count). The number of nitrogens with one attached hydrogen (secondary N) is 1. The van der Waals surface area contributed by atoms with Crippen LogP contribution in [0, 0.1) is 0 Å². The quantitative estimate of drug-likeness (QED) is 0.0321. The minimum atomic E-state index is -0.796. The molecule has 3 unspecified atom stereocenters. The maximum Gasteiger partial charge on any atom is 0.306 e. The van der Waals surface area contributed by atoms with Gasteiger partial charge in [0.25, 0.3) is 0 Å². The van der Waals surface area contributed by atoms with E-state index in [2.05, 4.69) is 74.7 Å². The standard InChI is InChI=1S/C58H107NO5/c1-4-7-10-13-16-19-22-24-26-27-28-29-31-33-36-39-42-45-48-51-58(63)64-54(49-46-43-40-37-34-21-18-15-12-9-6-3)52-57(62)59-55(53-60)56(61)50-47-44-41-38-35-32-30-25-23-20-17-14-11-8-5-2/h16,19,24,26,28-29,37,40,54-56,60-61H,4-15,17-18,20-23,25,27,30-36,38-39,41-53H2,1-3H3,(H,59,62)/b19-16-,26-24-,29-28-,40-37-. The second kappa shape index (κ2) is 51.8. The third-order valence-corrected chi connectivity index (χ3v) is 12.6. The number of aliphatic hydroxyl groups excluding tert-OH is 2. The molecule has 6 nitrogen and oxygen atoms in total. The molecule has 0 aromatic heterocycles. The lowest BCUT2D eigenvalue weighted by molar-refractivity contribution is -0.151. The molecular weight excluding hydrogens is 791 g/mol. The molecule has 0 aromatic carbocycles. The van der Waals surface area contributed by atoms with Crippen LogP contribution in [-0.4, -0.2) is 46.9 Å². The highest BCUT2D eigenvalue weighted by Crippen LogP contribution is 2.17. The molecule has 0 aliphatic rings. The van der Waals surface area contributed by atoms with E-state index in [0.29, 0.717) is 19.3 Å². The van der Waals surface area contributed by atoms with Crippen molar-refractivity contribution in [2.24, 2.45) is 0 Å². The van der Waals surface area contributed by atoms with Gasteiger partial charge in [-0.25, -0.2) is 0 Å². The van der Waals surface area contributed by atoms with Gasteiger partial charge in [-0.15, -0.1) is 0 Å². The average Bonchev–Trinajstić information content (AvgIpc) is 3.29. The van der Waals surface area contributed by atoms with Crippen LogP contribution in [0.1, 0.15) is 284 Å². The first-order valence-electron chi connectivity index (χ1n) is 27.9. The Labute approximate surface area is 397 Å². The molecule has 3 atom stereocenters. The van der Waals surface area contributed by atoms with Crippen LogP contribution in [0.3, 0.4) is 0 Å². The van der Waals surface area contributed by atoms with Gasteiger partial charge >= 0.3 is 5.97 Å². The summed E-state index contributed by atoms with van der Waals surface area (Å²) in [7, 11) is 0. The molecule has 374 valence electrons. The molecule has 0 saturated heterocycles. The number of ether oxygens (including phenoxy) is 1. The van der Waals surface area contributed by atoms with E-state index >= 15 is 0 Å². The summed E-state index contributed by atoms with van der Waals surface area (Å²) in [6, 6.07) is -0.712. The average molecular weight is 898 g/mol. The number of allylic oxidation sites excluding steroid dienone is 8. The Hall–Kier alpha value is -2.18. The van der Waals surface area contributed by atoms with Crippen molar-refractivity contribution in [3.63, 3.8) is 0 Å². The maximum atomic E-state index is 13.2. The van der Waals surface area contributed by atoms with E-state index in [9.17, 15) is 19.8 Å². The van der Waals surface area contributed by atoms with E-state index < -0.39 is 18.2 Å². The van der Waals surface area contributed by atoms with E-state index in [1.807, 2.05) is 0 Å². The molecule has 0 aliphatic heterocycles. The van der Waals surface area contributed by atoms with Gasteiger partial charge in [-0.3, -0.25) is 9.59 Å². The Morgan fingerprint density at radius 1 is 0.453 bits per heavy atom. The van der Waals surface area contributed by atoms with Crippen molar-refractivity contribution in [3.05, 3.63) is 48.6 Å². The Bertz CT molecular complexity index is 1100. The summed E-state index contributed by atoms with van der Waals surface area (Å²) in [4.78, 5) is 26.2. The molecule has 0 aromatic rings. The third kappa shape index (κ3) is 46.4. The fraction of sp³-hybridized carbons (Fsp3) is 0.828. The van der Waals surface area contributed by atoms with Gasteiger partial charge in [0.1, 0.15) is 6.10 Å². The first kappa shape index (κ1) is 61.8. The predicted octanol–water partition coefficient (Wildman–Crippen LogP) is 17.0. The first-order chi connectivity index (χ1) is 31.5. The highest BCUT2D eigenvalue weighted by atomic mass is 16.5. The summed E-state index contributed by atoms with van der Waals surface area (Å²) >= 11 is 0. The zero-order valence-corrected chi connectivity index (χ0v) is 42.7. The van der Waals surface area contributed by atoms with Gasteiger partial charge in [0.05, 0.1) is 25.2 Å². The Balaban J connectivity index is 4.51. The summed E-state index contributed by atoms with van der Waals surface area (Å²) in [6.45, 7) is 6.45. The van der Waals surface area contributed by atoms with E-state index in [4.69, 9.17) is 4.74 Å². The second-order valence-corrected chi connectivity index (χ2v) is 19.0. The van der Waals surface area contributed by atoms with Crippen molar-refractivity contribution in [3.8, 4) is 0 Å². The fourth-order valence-electron chi connectivity index (χ4n) is 8.38. The summed E-state index contributed by atoms with van der Waals surface area (Å²) in [6.07, 6.45) is 63.2. The molecule has 6 heteroatoms. The van der Waals surface area contributed by atoms with Gasteiger partial charge in [-0.2, -0.15) is 0 Å². The predicted molar refractivity (Wildman–Crippen MR) is 278 cm³/mol. The number of hydrogen-bond donors (Lipinski definition) is 3. The number of carbonyl (C=O) groups excluding carboxylic acids is 2. The van der Waals surface area contributed by atoms with Crippen molar-refractivity contribution >= 4 is 11.9 Å². The van der Waals surface area contributed by atoms with Gasteiger partial charge in [0, 0.05) is 6.42 Å². The molecule has 0 saturated carbocycles. The Morgan fingerprint density at radius 2 is 0.812 bits per heavy atom. The number of amides is 1. The number of carbonyl (C=O) groups is 2. The molecule has 0 heterocycles. The largest absolute Gasteiger partial charge is 0.462 e. The maximum absolute atomic E-state index is 13.2. The normalized spacial score (nSPS) is 13.5. The van der Waals surface area contributed by atoms with E-state index in [1.165, 1.54) is 161 Å². The Kier molecular flexibility index (Phi) is 50.0. The zero-order valence-electron chi connectivity index (χ0n) is 42.7. The molecular formula is C58H107NO5. The lowest BCUT2D eigenvalue weighted by Gasteiger charge is -2.24. The van der Waals surface area contributed by atoms with Crippen LogP contribution < -0.4 is 5.32 Å². The van der Waals surface area contributed by atoms with E-state index in [0.717, 1.165) is 77.0 Å². The smallest absolute Gasteiger partial charge is 0.306 e. The van der Waals surface area contributed by atoms with Crippen LogP contribution >= 0.6 is 0 Å². The Morgan fingerprint density at radius 3 is 1.28 bits per heavy atom. The van der Waals surface area contributed by atoms with Gasteiger partial charge in [0.15, 0.2) is 0 Å². The molecule has 0 aliphatic carbocycles. The van der Waals surface area contributed by atoms with Crippen LogP contribution in [0.2, 0.25) is 0 Å². The van der Waals surface area contributed by atoms with Crippen LogP contribution in [0.5, 0.6) is 0 Å². The number of aliphatic hydroxyl groups is 2. The SMILES string of the molecule is CCCCC/C=C\C/C=C\C/C=C\CCCCCCCCC(=O)OC(CCC/C=C\CCCCCCCC)CC(=O)NC(CO)C(O)CCCCCCCCCCCCCCCCC. The zero-order chi connectivity index (χ0) is 46.7. The fourth-order valence-corrected chi connectivity index (χ4v) is 8.38. The van der Waals surface area contributed by atoms with Crippen LogP contribution in [-0.2, 0) is 14.3 Å². The molecule has 64 heavy (non-hydrogen) atoms. The van der Waals surface area contributed by atoms with Crippen molar-refractivity contribution in [2.75, 3.05) is 6.61 Å². The van der Waals surface area contributed by atoms with Crippen LogP contribution in [0.4, 0.5) is 0 Å². The van der Waals surface area contributed by atoms with Crippen LogP contribution in [0.15, 0.2) is 48.6 Å². The molecule has 0 fully saturated rings. The monoisotopic (exact) mass is 898 g/mol. The summed E-state index contributed by atoms with van der Waals surface area (Å²) in [5, 5.41) is 23.8. The van der Waals surface area contributed by atoms with Gasteiger partial charge in [-0.05, 0) is 83.5 Å². The second-order valence-electron chi connectivity index (χ2n) is 19.0. The summed E-state index contributed by atoms with van der Waals surface area (Å²) in [5.74, 6) is -0.510. The van der Waals surface area contributed by atoms with Crippen molar-refractivity contribution in [1.82, 2.24) is 5.32 Å². The van der Waals surface area contributed by atoms with Crippen molar-refractivity contribution < 1.29 is 24.5 Å². The van der Waals surface area contributed by atoms with E-state index in [-0.39, 0.29) is 24.9 Å². The molecule has 0 radical (unpaired) electrons. The molecule has 3 N–H and O–H groups in total. The molecule has 1 amide bonds. The minimum Gasteiger partial charge on any atom is -0.462 e. The summed E-state index contributed by atoms with van der Waals surface area (Å²) < 4.78 is 5.92. The lowest BCUT2D eigenvalue weighted by Crippen LogP contribution is -2.46. The van der Waals surface area contributed by atoms with E-state index in [1.54, 1.807) is 0 Å². The highest BCUT2D eigenvalue weighted by Gasteiger charge is 2.24. The highest BCUT2D eigenvalue weighted by molar-refractivity contribution is 5.77. The van der Waals surface area contributed by atoms with Crippen molar-refractivity contribution in [1.29, 1.82) is 0 Å². The topological polar surface area (TPSA) is 95.9 Å². The number of rotatable bonds is 50. The first-order valence-corrected chi connectivity index (χ1v) is 27.9.